The van der Waals surface area contributed by atoms with Gasteiger partial charge in [-0.25, -0.2) is 4.39 Å². The van der Waals surface area contributed by atoms with Crippen molar-refractivity contribution in [3.63, 3.8) is 0 Å². The van der Waals surface area contributed by atoms with Crippen molar-refractivity contribution < 1.29 is 19.0 Å². The van der Waals surface area contributed by atoms with Gasteiger partial charge in [0.15, 0.2) is 5.78 Å². The number of methoxy groups -OCH3 is 1. The van der Waals surface area contributed by atoms with Crippen LogP contribution in [0.15, 0.2) is 36.4 Å². The van der Waals surface area contributed by atoms with Crippen LogP contribution < -0.4 is 4.74 Å². The molecule has 0 saturated heterocycles. The topological polar surface area (TPSA) is 46.5 Å². The number of hydrogen-bond acceptors (Lipinski definition) is 3. The summed E-state index contributed by atoms with van der Waals surface area (Å²) >= 11 is 5.62. The molecule has 0 spiro atoms. The second kappa shape index (κ2) is 5.28. The minimum Gasteiger partial charge on any atom is -0.507 e. The molecule has 2 aromatic rings. The van der Waals surface area contributed by atoms with Gasteiger partial charge in [-0.05, 0) is 30.3 Å². The third kappa shape index (κ3) is 2.69. The highest BCUT2D eigenvalue weighted by Gasteiger charge is 2.18. The van der Waals surface area contributed by atoms with Crippen LogP contribution in [0.25, 0.3) is 0 Å². The fourth-order valence-corrected chi connectivity index (χ4v) is 1.81. The normalized spacial score (nSPS) is 10.3. The molecule has 2 aromatic carbocycles. The molecule has 0 heterocycles. The number of hydrogen-bond donors (Lipinski definition) is 1. The number of phenolic OH excluding ortho intramolecular Hbond substituents is 1. The first-order chi connectivity index (χ1) is 9.02. The van der Waals surface area contributed by atoms with Gasteiger partial charge in [0.05, 0.1) is 18.2 Å². The molecule has 2 rings (SSSR count). The molecule has 98 valence electrons. The summed E-state index contributed by atoms with van der Waals surface area (Å²) in [4.78, 5) is 12.1. The molecule has 0 aliphatic carbocycles. The zero-order valence-corrected chi connectivity index (χ0v) is 10.7. The van der Waals surface area contributed by atoms with Gasteiger partial charge in [0.2, 0.25) is 0 Å². The van der Waals surface area contributed by atoms with Crippen LogP contribution in [0.1, 0.15) is 15.9 Å². The lowest BCUT2D eigenvalue weighted by atomic mass is 10.0. The molecule has 0 atom stereocenters. The molecule has 0 radical (unpaired) electrons. The minimum absolute atomic E-state index is 0.00187. The Hall–Kier alpha value is -2.07. The van der Waals surface area contributed by atoms with Gasteiger partial charge in [0.25, 0.3) is 0 Å². The van der Waals surface area contributed by atoms with E-state index in [1.807, 2.05) is 0 Å². The first-order valence-electron chi connectivity index (χ1n) is 5.39. The fraction of sp³-hybridized carbons (Fsp3) is 0.0714. The maximum absolute atomic E-state index is 13.7. The minimum atomic E-state index is -0.729. The molecule has 0 aliphatic heterocycles. The molecule has 0 bridgehead atoms. The van der Waals surface area contributed by atoms with Crippen LogP contribution in [0.4, 0.5) is 4.39 Å². The van der Waals surface area contributed by atoms with Crippen molar-refractivity contribution in [3.8, 4) is 11.5 Å². The van der Waals surface area contributed by atoms with E-state index < -0.39 is 11.6 Å². The van der Waals surface area contributed by atoms with E-state index in [1.54, 1.807) is 0 Å². The van der Waals surface area contributed by atoms with Crippen LogP contribution in [0.3, 0.4) is 0 Å². The molecule has 3 nitrogen and oxygen atoms in total. The van der Waals surface area contributed by atoms with Crippen LogP contribution >= 0.6 is 11.6 Å². The van der Waals surface area contributed by atoms with Crippen LogP contribution in [-0.4, -0.2) is 18.0 Å². The van der Waals surface area contributed by atoms with Crippen molar-refractivity contribution in [2.24, 2.45) is 0 Å². The Kier molecular flexibility index (Phi) is 3.71. The zero-order chi connectivity index (χ0) is 14.0. The summed E-state index contributed by atoms with van der Waals surface area (Å²) in [6, 6.07) is 7.93. The van der Waals surface area contributed by atoms with Crippen molar-refractivity contribution in [1.29, 1.82) is 0 Å². The maximum Gasteiger partial charge on any atom is 0.199 e. The Bertz CT molecular complexity index is 641. The number of carbonyl (C=O) groups is 1. The summed E-state index contributed by atoms with van der Waals surface area (Å²) in [5.74, 6) is -1.20. The molecule has 5 heteroatoms. The summed E-state index contributed by atoms with van der Waals surface area (Å²) in [7, 11) is 1.44. The van der Waals surface area contributed by atoms with Crippen molar-refractivity contribution >= 4 is 17.4 Å². The Labute approximate surface area is 114 Å². The second-order valence-electron chi connectivity index (χ2n) is 3.84. The van der Waals surface area contributed by atoms with E-state index in [0.717, 1.165) is 6.07 Å². The van der Waals surface area contributed by atoms with Crippen LogP contribution in [-0.2, 0) is 0 Å². The van der Waals surface area contributed by atoms with E-state index >= 15 is 0 Å². The van der Waals surface area contributed by atoms with Crippen LogP contribution in [0.5, 0.6) is 11.5 Å². The van der Waals surface area contributed by atoms with Crippen molar-refractivity contribution in [2.45, 2.75) is 0 Å². The molecule has 1 N–H and O–H groups in total. The summed E-state index contributed by atoms with van der Waals surface area (Å²) in [6.45, 7) is 0. The smallest absolute Gasteiger partial charge is 0.199 e. The van der Waals surface area contributed by atoms with Gasteiger partial charge in [-0.2, -0.15) is 0 Å². The first kappa shape index (κ1) is 13.4. The quantitative estimate of drug-likeness (QED) is 0.876. The maximum atomic E-state index is 13.7. The highest BCUT2D eigenvalue weighted by atomic mass is 35.5. The standard InChI is InChI=1S/C14H10ClFO3/c1-19-9-3-5-11(13(17)7-9)14(18)10-4-2-8(15)6-12(10)16/h2-7,17H,1H3. The molecule has 19 heavy (non-hydrogen) atoms. The number of benzene rings is 2. The van der Waals surface area contributed by atoms with E-state index in [-0.39, 0.29) is 21.9 Å². The number of carbonyl (C=O) groups excluding carboxylic acids is 1. The third-order valence-electron chi connectivity index (χ3n) is 2.63. The Morgan fingerprint density at radius 3 is 2.47 bits per heavy atom. The van der Waals surface area contributed by atoms with Crippen molar-refractivity contribution in [1.82, 2.24) is 0 Å². The van der Waals surface area contributed by atoms with Crippen LogP contribution in [0, 0.1) is 5.82 Å². The molecule has 0 aromatic heterocycles. The number of aromatic hydroxyl groups is 1. The SMILES string of the molecule is COc1ccc(C(=O)c2ccc(Cl)cc2F)c(O)c1. The molecule has 0 fully saturated rings. The number of rotatable bonds is 3. The predicted octanol–water partition coefficient (Wildman–Crippen LogP) is 3.42. The van der Waals surface area contributed by atoms with Gasteiger partial charge >= 0.3 is 0 Å². The molecule has 0 amide bonds. The van der Waals surface area contributed by atoms with Gasteiger partial charge in [-0.3, -0.25) is 4.79 Å². The lowest BCUT2D eigenvalue weighted by molar-refractivity contribution is 0.103. The van der Waals surface area contributed by atoms with E-state index in [0.29, 0.717) is 5.75 Å². The summed E-state index contributed by atoms with van der Waals surface area (Å²) in [5.41, 5.74) is -0.146. The number of halogens is 2. The predicted molar refractivity (Wildman–Crippen MR) is 69.5 cm³/mol. The summed E-state index contributed by atoms with van der Waals surface area (Å²) in [6.07, 6.45) is 0. The average molecular weight is 281 g/mol. The highest BCUT2D eigenvalue weighted by Crippen LogP contribution is 2.27. The van der Waals surface area contributed by atoms with E-state index in [9.17, 15) is 14.3 Å². The molecular weight excluding hydrogens is 271 g/mol. The lowest BCUT2D eigenvalue weighted by Gasteiger charge is -2.07. The summed E-state index contributed by atoms with van der Waals surface area (Å²) < 4.78 is 18.6. The second-order valence-corrected chi connectivity index (χ2v) is 4.27. The highest BCUT2D eigenvalue weighted by molar-refractivity contribution is 6.30. The number of ether oxygens (including phenoxy) is 1. The number of phenols is 1. The van der Waals surface area contributed by atoms with E-state index in [2.05, 4.69) is 0 Å². The zero-order valence-electron chi connectivity index (χ0n) is 9.98. The molecule has 0 saturated carbocycles. The van der Waals surface area contributed by atoms with Crippen molar-refractivity contribution in [2.75, 3.05) is 7.11 Å². The molecule has 0 aliphatic rings. The Morgan fingerprint density at radius 2 is 1.89 bits per heavy atom. The molecular formula is C14H10ClFO3. The van der Waals surface area contributed by atoms with Crippen molar-refractivity contribution in [3.05, 3.63) is 58.4 Å². The average Bonchev–Trinajstić information content (AvgIpc) is 2.37. The first-order valence-corrected chi connectivity index (χ1v) is 5.77. The van der Waals surface area contributed by atoms with E-state index in [1.165, 1.54) is 37.4 Å². The van der Waals surface area contributed by atoms with Gasteiger partial charge in [0.1, 0.15) is 17.3 Å². The van der Waals surface area contributed by atoms with Gasteiger partial charge < -0.3 is 9.84 Å². The third-order valence-corrected chi connectivity index (χ3v) is 2.86. The van der Waals surface area contributed by atoms with Gasteiger partial charge in [-0.1, -0.05) is 11.6 Å². The largest absolute Gasteiger partial charge is 0.507 e. The van der Waals surface area contributed by atoms with Crippen LogP contribution in [0.2, 0.25) is 5.02 Å². The van der Waals surface area contributed by atoms with E-state index in [4.69, 9.17) is 16.3 Å². The Morgan fingerprint density at radius 1 is 1.21 bits per heavy atom. The van der Waals surface area contributed by atoms with Gasteiger partial charge in [0, 0.05) is 11.1 Å². The lowest BCUT2D eigenvalue weighted by Crippen LogP contribution is -2.04. The van der Waals surface area contributed by atoms with Gasteiger partial charge in [-0.15, -0.1) is 0 Å². The number of ketones is 1. The fourth-order valence-electron chi connectivity index (χ4n) is 1.65. The Balaban J connectivity index is 2.44. The monoisotopic (exact) mass is 280 g/mol. The molecule has 0 unspecified atom stereocenters. The summed E-state index contributed by atoms with van der Waals surface area (Å²) in [5, 5.41) is 9.95.